The molecule has 0 aliphatic heterocycles. The predicted octanol–water partition coefficient (Wildman–Crippen LogP) is 29.2. The molecule has 13 rings (SSSR count). The Labute approximate surface area is 623 Å². The summed E-state index contributed by atoms with van der Waals surface area (Å²) < 4.78 is 20.3. The average molecular weight is 1390 g/mol. The SMILES string of the molecule is CCCCCCCCC(CCCCCC)COc1ccc2c(c1)C(c1ccc(CCCCCC)cc1)(c1ccc(CCCCCC)cc1)c1c-2c2cccc3c4cccc5c(C#Cc6ccc(-c7ccc(C)cc7)c7nsnc67)cc6c(c54)c(c23)c1n6CC(CCCCCC)CCCCCCCC. The second-order valence-electron chi connectivity index (χ2n) is 31.4. The number of benzene rings is 10. The highest BCUT2D eigenvalue weighted by Gasteiger charge is 2.50. The molecule has 1 aliphatic rings. The number of hydrogen-bond donors (Lipinski definition) is 0. The number of unbranched alkanes of at least 4 members (excludes halogenated alkanes) is 22. The van der Waals surface area contributed by atoms with Crippen molar-refractivity contribution in [2.24, 2.45) is 11.8 Å². The molecule has 0 radical (unpaired) electrons. The van der Waals surface area contributed by atoms with E-state index in [4.69, 9.17) is 13.5 Å². The average Bonchev–Trinajstić information content (AvgIpc) is 1.51. The van der Waals surface area contributed by atoms with Crippen LogP contribution >= 0.6 is 11.7 Å². The third kappa shape index (κ3) is 16.0. The Morgan fingerprint density at radius 1 is 0.427 bits per heavy atom. The van der Waals surface area contributed by atoms with Gasteiger partial charge in [-0.3, -0.25) is 0 Å². The lowest BCUT2D eigenvalue weighted by molar-refractivity contribution is 0.224. The van der Waals surface area contributed by atoms with E-state index in [1.807, 2.05) is 0 Å². The molecule has 0 N–H and O–H groups in total. The van der Waals surface area contributed by atoms with E-state index in [1.54, 1.807) is 0 Å². The zero-order valence-electron chi connectivity index (χ0n) is 64.1. The zero-order valence-corrected chi connectivity index (χ0v) is 64.9. The molecule has 0 spiro atoms. The summed E-state index contributed by atoms with van der Waals surface area (Å²) in [6, 6.07) is 58.1. The van der Waals surface area contributed by atoms with Crippen LogP contribution in [0.3, 0.4) is 0 Å². The van der Waals surface area contributed by atoms with Crippen molar-refractivity contribution in [2.75, 3.05) is 6.61 Å². The molecule has 2 heterocycles. The summed E-state index contributed by atoms with van der Waals surface area (Å²) in [5.41, 5.74) is 20.3. The van der Waals surface area contributed by atoms with Crippen LogP contribution in [0.4, 0.5) is 0 Å². The molecule has 1 aliphatic carbocycles. The molecule has 0 bridgehead atoms. The van der Waals surface area contributed by atoms with Crippen LogP contribution in [-0.4, -0.2) is 19.9 Å². The Morgan fingerprint density at radius 3 is 1.50 bits per heavy atom. The van der Waals surface area contributed by atoms with E-state index in [-0.39, 0.29) is 0 Å². The number of hydrogen-bond acceptors (Lipinski definition) is 4. The molecular weight excluding hydrogens is 1270 g/mol. The van der Waals surface area contributed by atoms with E-state index in [0.717, 1.165) is 65.0 Å². The zero-order chi connectivity index (χ0) is 70.9. The van der Waals surface area contributed by atoms with Gasteiger partial charge in [0.1, 0.15) is 16.8 Å². The molecule has 0 fully saturated rings. The highest BCUT2D eigenvalue weighted by Crippen LogP contribution is 2.63. The first-order valence-electron chi connectivity index (χ1n) is 41.6. The summed E-state index contributed by atoms with van der Waals surface area (Å²) in [5, 5.41) is 10.7. The molecule has 0 saturated carbocycles. The maximum absolute atomic E-state index is 7.45. The first-order chi connectivity index (χ1) is 50.8. The Morgan fingerprint density at radius 2 is 0.913 bits per heavy atom. The van der Waals surface area contributed by atoms with Gasteiger partial charge < -0.3 is 9.30 Å². The van der Waals surface area contributed by atoms with Crippen molar-refractivity contribution < 1.29 is 4.74 Å². The van der Waals surface area contributed by atoms with Crippen LogP contribution in [0.25, 0.3) is 87.4 Å². The summed E-state index contributed by atoms with van der Waals surface area (Å²) in [7, 11) is 0. The minimum atomic E-state index is -0.716. The lowest BCUT2D eigenvalue weighted by atomic mass is 9.66. The quantitative estimate of drug-likeness (QED) is 0.0166. The van der Waals surface area contributed by atoms with E-state index in [1.165, 1.54) is 321 Å². The Kier molecular flexibility index (Phi) is 25.8. The second-order valence-corrected chi connectivity index (χ2v) is 32.0. The highest BCUT2D eigenvalue weighted by molar-refractivity contribution is 7.00. The van der Waals surface area contributed by atoms with Gasteiger partial charge in [0.15, 0.2) is 0 Å². The van der Waals surface area contributed by atoms with Gasteiger partial charge in [0, 0.05) is 44.8 Å². The van der Waals surface area contributed by atoms with Crippen LogP contribution in [0.2, 0.25) is 0 Å². The number of nitrogens with zero attached hydrogens (tertiary/aromatic N) is 3. The number of rotatable bonds is 42. The number of fused-ring (bicyclic) bond motifs is 7. The van der Waals surface area contributed by atoms with E-state index in [2.05, 4.69) is 210 Å². The van der Waals surface area contributed by atoms with Gasteiger partial charge >= 0.3 is 0 Å². The van der Waals surface area contributed by atoms with Crippen molar-refractivity contribution in [3.8, 4) is 39.8 Å². The van der Waals surface area contributed by atoms with E-state index in [9.17, 15) is 0 Å². The lowest BCUT2D eigenvalue weighted by Crippen LogP contribution is -2.30. The molecule has 2 atom stereocenters. The Bertz CT molecular complexity index is 4670. The van der Waals surface area contributed by atoms with Crippen LogP contribution in [0, 0.1) is 30.6 Å². The molecule has 0 amide bonds. The smallest absolute Gasteiger partial charge is 0.121 e. The predicted molar refractivity (Wildman–Crippen MR) is 447 cm³/mol. The van der Waals surface area contributed by atoms with Gasteiger partial charge in [0.05, 0.1) is 40.3 Å². The second kappa shape index (κ2) is 36.0. The molecular formula is C98H119N3OS. The molecule has 2 unspecified atom stereocenters. The molecule has 538 valence electrons. The van der Waals surface area contributed by atoms with Crippen LogP contribution in [0.1, 0.15) is 297 Å². The number of aryl methyl sites for hydroxylation is 3. The minimum absolute atomic E-state index is 0.491. The fraction of sp³-hybridized carbons (Fsp3) is 0.469. The fourth-order valence-electron chi connectivity index (χ4n) is 18.2. The summed E-state index contributed by atoms with van der Waals surface area (Å²) in [6.07, 6.45) is 43.1. The normalized spacial score (nSPS) is 13.3. The maximum atomic E-state index is 7.45. The third-order valence-corrected chi connectivity index (χ3v) is 24.4. The minimum Gasteiger partial charge on any atom is -0.493 e. The Balaban J connectivity index is 1.08. The first kappa shape index (κ1) is 73.8. The number of ether oxygens (including phenoxy) is 1. The monoisotopic (exact) mass is 1390 g/mol. The van der Waals surface area contributed by atoms with Crippen molar-refractivity contribution in [3.05, 3.63) is 196 Å². The molecule has 2 aromatic heterocycles. The van der Waals surface area contributed by atoms with Crippen molar-refractivity contribution >= 4 is 76.9 Å². The van der Waals surface area contributed by atoms with Crippen molar-refractivity contribution in [1.82, 2.24) is 13.3 Å². The summed E-state index contributed by atoms with van der Waals surface area (Å²) in [6.45, 7) is 17.9. The summed E-state index contributed by atoms with van der Waals surface area (Å²) >= 11 is 1.29. The van der Waals surface area contributed by atoms with Gasteiger partial charge in [0.25, 0.3) is 0 Å². The first-order valence-corrected chi connectivity index (χ1v) is 42.4. The standard InChI is InChI=1S/C98H119N3OS/c1-8-14-20-26-28-34-41-73(40-32-24-18-12-5)68-101-88-66-77(57-56-76-58-64-82(96-95(76)99-103-100-96)75-54-48-70(7)49-55-75)81-44-36-45-83-84-46-37-47-86-90(84)93(92(88)89(81)83)97(101)94-91(86)85-65-63-80(102-69-74(42-33-25-19-13-6)43-35-29-27-21-15-9-2)67-87(85)98(94,78-59-50-71(51-60-78)38-30-22-16-10-3)79-61-52-72(53-62-79)39-31-23-17-11-4/h36-37,44-55,58-67,73-74H,8-35,38-43,68-69H2,1-7H3. The van der Waals surface area contributed by atoms with Gasteiger partial charge in [-0.15, -0.1) is 0 Å². The van der Waals surface area contributed by atoms with E-state index < -0.39 is 5.41 Å². The van der Waals surface area contributed by atoms with E-state index >= 15 is 0 Å². The molecule has 12 aromatic rings. The summed E-state index contributed by atoms with van der Waals surface area (Å²) in [4.78, 5) is 0. The molecule has 5 heteroatoms. The largest absolute Gasteiger partial charge is 0.493 e. The van der Waals surface area contributed by atoms with Crippen molar-refractivity contribution in [3.63, 3.8) is 0 Å². The van der Waals surface area contributed by atoms with Gasteiger partial charge in [0.2, 0.25) is 0 Å². The van der Waals surface area contributed by atoms with Crippen LogP contribution < -0.4 is 4.74 Å². The molecule has 103 heavy (non-hydrogen) atoms. The molecule has 4 nitrogen and oxygen atoms in total. The third-order valence-electron chi connectivity index (χ3n) is 23.9. The van der Waals surface area contributed by atoms with Crippen molar-refractivity contribution in [1.29, 1.82) is 0 Å². The Hall–Kier alpha value is -7.52. The van der Waals surface area contributed by atoms with Gasteiger partial charge in [-0.2, -0.15) is 8.75 Å². The molecule has 10 aromatic carbocycles. The van der Waals surface area contributed by atoms with E-state index in [0.29, 0.717) is 11.8 Å². The topological polar surface area (TPSA) is 39.9 Å². The highest BCUT2D eigenvalue weighted by atomic mass is 32.1. The van der Waals surface area contributed by atoms with Crippen molar-refractivity contribution in [2.45, 2.75) is 279 Å². The lowest BCUT2D eigenvalue weighted by Gasteiger charge is -2.35. The van der Waals surface area contributed by atoms with Crippen LogP contribution in [-0.2, 0) is 24.8 Å². The maximum Gasteiger partial charge on any atom is 0.121 e. The number of aromatic nitrogens is 3. The van der Waals surface area contributed by atoms with Crippen LogP contribution in [0.5, 0.6) is 5.75 Å². The molecule has 0 saturated heterocycles. The van der Waals surface area contributed by atoms with Gasteiger partial charge in [-0.1, -0.05) is 347 Å². The summed E-state index contributed by atoms with van der Waals surface area (Å²) in [5.74, 6) is 9.80. The van der Waals surface area contributed by atoms with Gasteiger partial charge in [-0.05, 0) is 160 Å². The van der Waals surface area contributed by atoms with Gasteiger partial charge in [-0.25, -0.2) is 0 Å². The fourth-order valence-corrected chi connectivity index (χ4v) is 18.8. The van der Waals surface area contributed by atoms with Crippen LogP contribution in [0.15, 0.2) is 146 Å².